The van der Waals surface area contributed by atoms with Crippen LogP contribution < -0.4 is 4.74 Å². The summed E-state index contributed by atoms with van der Waals surface area (Å²) < 4.78 is 5.33. The van der Waals surface area contributed by atoms with Crippen molar-refractivity contribution in [3.05, 3.63) is 78.4 Å². The molecule has 6 rings (SSSR count). The maximum atomic E-state index is 5.33. The summed E-state index contributed by atoms with van der Waals surface area (Å²) >= 11 is 0. The highest BCUT2D eigenvalue weighted by Gasteiger charge is 2.16. The van der Waals surface area contributed by atoms with Crippen molar-refractivity contribution in [2.24, 2.45) is 0 Å². The molecule has 0 spiro atoms. The Bertz CT molecular complexity index is 1570. The number of fused-ring (bicyclic) bond motifs is 4. The first kappa shape index (κ1) is 17.7. The molecule has 6 aromatic rings. The van der Waals surface area contributed by atoms with Crippen LogP contribution in [0.15, 0.2) is 72.8 Å². The van der Waals surface area contributed by atoms with Gasteiger partial charge in [-0.2, -0.15) is 0 Å². The molecule has 0 fully saturated rings. The number of nitrogens with one attached hydrogen (secondary N) is 2. The average Bonchev–Trinajstić information content (AvgIpc) is 3.39. The SMILES string of the molecule is COc1ccc(-c2nc(-c3nc4ccc(C)cc4[nH]3)cc3c2[nH]c2ccccc23)cc1. The minimum atomic E-state index is 0.766. The fraction of sp³-hybridized carbons (Fsp3) is 0.0769. The summed E-state index contributed by atoms with van der Waals surface area (Å²) in [5.74, 6) is 1.59. The lowest BCUT2D eigenvalue weighted by atomic mass is 10.1. The largest absolute Gasteiger partial charge is 0.497 e. The maximum absolute atomic E-state index is 5.33. The Kier molecular flexibility index (Phi) is 3.83. The molecule has 0 aliphatic rings. The van der Waals surface area contributed by atoms with Crippen LogP contribution in [-0.2, 0) is 0 Å². The van der Waals surface area contributed by atoms with Crippen LogP contribution in [0.25, 0.3) is 55.6 Å². The summed E-state index contributed by atoms with van der Waals surface area (Å²) in [7, 11) is 1.67. The van der Waals surface area contributed by atoms with Gasteiger partial charge in [0.1, 0.15) is 11.4 Å². The molecule has 0 amide bonds. The third kappa shape index (κ3) is 2.86. The lowest BCUT2D eigenvalue weighted by molar-refractivity contribution is 0.415. The number of imidazole rings is 1. The van der Waals surface area contributed by atoms with Gasteiger partial charge in [-0.05, 0) is 61.0 Å². The van der Waals surface area contributed by atoms with Crippen LogP contribution in [0.4, 0.5) is 0 Å². The number of methoxy groups -OCH3 is 1. The van der Waals surface area contributed by atoms with Crippen LogP contribution in [-0.4, -0.2) is 27.0 Å². The molecule has 0 saturated carbocycles. The van der Waals surface area contributed by atoms with Gasteiger partial charge in [0, 0.05) is 21.9 Å². The van der Waals surface area contributed by atoms with E-state index < -0.39 is 0 Å². The Morgan fingerprint density at radius 3 is 2.45 bits per heavy atom. The van der Waals surface area contributed by atoms with E-state index in [0.717, 1.165) is 56.0 Å². The van der Waals surface area contributed by atoms with Crippen LogP contribution in [0.1, 0.15) is 5.56 Å². The summed E-state index contributed by atoms with van der Waals surface area (Å²) in [5, 5.41) is 2.30. The zero-order chi connectivity index (χ0) is 20.9. The number of rotatable bonds is 3. The first-order valence-electron chi connectivity index (χ1n) is 10.2. The number of benzene rings is 3. The van der Waals surface area contributed by atoms with Gasteiger partial charge in [-0.25, -0.2) is 9.97 Å². The molecular weight excluding hydrogens is 384 g/mol. The number of aryl methyl sites for hydroxylation is 1. The second-order valence-corrected chi connectivity index (χ2v) is 7.78. The Balaban J connectivity index is 1.64. The van der Waals surface area contributed by atoms with Gasteiger partial charge in [-0.3, -0.25) is 0 Å². The van der Waals surface area contributed by atoms with Crippen LogP contribution in [0, 0.1) is 6.92 Å². The molecule has 31 heavy (non-hydrogen) atoms. The fourth-order valence-corrected chi connectivity index (χ4v) is 4.17. The molecule has 0 unspecified atom stereocenters. The van der Waals surface area contributed by atoms with E-state index in [1.807, 2.05) is 36.4 Å². The number of aromatic nitrogens is 4. The van der Waals surface area contributed by atoms with E-state index in [-0.39, 0.29) is 0 Å². The normalized spacial score (nSPS) is 11.5. The monoisotopic (exact) mass is 404 g/mol. The van der Waals surface area contributed by atoms with Crippen molar-refractivity contribution in [1.82, 2.24) is 19.9 Å². The van der Waals surface area contributed by atoms with Gasteiger partial charge < -0.3 is 14.7 Å². The maximum Gasteiger partial charge on any atom is 0.157 e. The van der Waals surface area contributed by atoms with Gasteiger partial charge in [0.2, 0.25) is 0 Å². The van der Waals surface area contributed by atoms with E-state index in [2.05, 4.69) is 53.3 Å². The Hall–Kier alpha value is -4.12. The van der Waals surface area contributed by atoms with Crippen LogP contribution in [0.3, 0.4) is 0 Å². The van der Waals surface area contributed by atoms with Crippen molar-refractivity contribution in [1.29, 1.82) is 0 Å². The molecule has 2 N–H and O–H groups in total. The Labute approximate surface area is 178 Å². The highest BCUT2D eigenvalue weighted by atomic mass is 16.5. The zero-order valence-corrected chi connectivity index (χ0v) is 17.2. The number of ether oxygens (including phenoxy) is 1. The van der Waals surface area contributed by atoms with Crippen molar-refractivity contribution in [3.8, 4) is 28.5 Å². The number of hydrogen-bond acceptors (Lipinski definition) is 3. The molecule has 0 radical (unpaired) electrons. The van der Waals surface area contributed by atoms with Gasteiger partial charge in [-0.1, -0.05) is 24.3 Å². The van der Waals surface area contributed by atoms with E-state index in [1.54, 1.807) is 7.11 Å². The van der Waals surface area contributed by atoms with Crippen molar-refractivity contribution in [2.45, 2.75) is 6.92 Å². The van der Waals surface area contributed by atoms with E-state index >= 15 is 0 Å². The molecule has 0 aliphatic carbocycles. The number of para-hydroxylation sites is 1. The molecule has 0 aliphatic heterocycles. The van der Waals surface area contributed by atoms with Crippen molar-refractivity contribution in [2.75, 3.05) is 7.11 Å². The lowest BCUT2D eigenvalue weighted by Crippen LogP contribution is -1.92. The predicted molar refractivity (Wildman–Crippen MR) is 125 cm³/mol. The average molecular weight is 404 g/mol. The highest BCUT2D eigenvalue weighted by molar-refractivity contribution is 6.12. The molecule has 3 heterocycles. The van der Waals surface area contributed by atoms with E-state index in [1.165, 1.54) is 10.9 Å². The number of H-pyrrole nitrogens is 2. The number of nitrogens with zero attached hydrogens (tertiary/aromatic N) is 2. The molecule has 0 saturated heterocycles. The number of aromatic amines is 2. The topological polar surface area (TPSA) is 66.6 Å². The first-order chi connectivity index (χ1) is 15.2. The van der Waals surface area contributed by atoms with Gasteiger partial charge in [-0.15, -0.1) is 0 Å². The molecule has 150 valence electrons. The predicted octanol–water partition coefficient (Wildman–Crippen LogP) is 6.24. The van der Waals surface area contributed by atoms with Crippen LogP contribution in [0.5, 0.6) is 5.75 Å². The van der Waals surface area contributed by atoms with Crippen molar-refractivity contribution < 1.29 is 4.74 Å². The van der Waals surface area contributed by atoms with Crippen molar-refractivity contribution in [3.63, 3.8) is 0 Å². The summed E-state index contributed by atoms with van der Waals surface area (Å²) in [6, 6.07) is 24.7. The van der Waals surface area contributed by atoms with Crippen LogP contribution >= 0.6 is 0 Å². The van der Waals surface area contributed by atoms with E-state index in [4.69, 9.17) is 14.7 Å². The molecule has 0 bridgehead atoms. The fourth-order valence-electron chi connectivity index (χ4n) is 4.17. The smallest absolute Gasteiger partial charge is 0.157 e. The minimum Gasteiger partial charge on any atom is -0.497 e. The zero-order valence-electron chi connectivity index (χ0n) is 17.2. The Morgan fingerprint density at radius 1 is 0.774 bits per heavy atom. The molecule has 0 atom stereocenters. The molecule has 3 aromatic heterocycles. The van der Waals surface area contributed by atoms with Gasteiger partial charge in [0.25, 0.3) is 0 Å². The summed E-state index contributed by atoms with van der Waals surface area (Å²) in [6.07, 6.45) is 0. The molecular formula is C26H20N4O. The van der Waals surface area contributed by atoms with Crippen molar-refractivity contribution >= 4 is 32.8 Å². The van der Waals surface area contributed by atoms with E-state index in [9.17, 15) is 0 Å². The van der Waals surface area contributed by atoms with E-state index in [0.29, 0.717) is 0 Å². The standard InChI is InChI=1S/C26H20N4O/c1-15-7-12-21-22(13-15)30-26(29-21)23-14-19-18-5-3-4-6-20(18)27-25(19)24(28-23)16-8-10-17(31-2)11-9-16/h3-14,27H,1-2H3,(H,29,30). The quantitative estimate of drug-likeness (QED) is 0.367. The molecule has 5 nitrogen and oxygen atoms in total. The highest BCUT2D eigenvalue weighted by Crippen LogP contribution is 2.35. The summed E-state index contributed by atoms with van der Waals surface area (Å²) in [6.45, 7) is 2.08. The second-order valence-electron chi connectivity index (χ2n) is 7.78. The lowest BCUT2D eigenvalue weighted by Gasteiger charge is -2.07. The number of hydrogen-bond donors (Lipinski definition) is 2. The summed E-state index contributed by atoms with van der Waals surface area (Å²) in [4.78, 5) is 16.9. The molecule has 3 aromatic carbocycles. The van der Waals surface area contributed by atoms with Gasteiger partial charge in [0.05, 0.1) is 29.4 Å². The number of pyridine rings is 1. The molecule has 5 heteroatoms. The first-order valence-corrected chi connectivity index (χ1v) is 10.2. The third-order valence-corrected chi connectivity index (χ3v) is 5.74. The van der Waals surface area contributed by atoms with Gasteiger partial charge >= 0.3 is 0 Å². The van der Waals surface area contributed by atoms with Gasteiger partial charge in [0.15, 0.2) is 5.82 Å². The third-order valence-electron chi connectivity index (χ3n) is 5.74. The minimum absolute atomic E-state index is 0.766. The second kappa shape index (κ2) is 6.71. The van der Waals surface area contributed by atoms with Crippen LogP contribution in [0.2, 0.25) is 0 Å². The summed E-state index contributed by atoms with van der Waals surface area (Å²) in [5.41, 5.74) is 7.98. The Morgan fingerprint density at radius 2 is 1.61 bits per heavy atom.